The second-order valence-corrected chi connectivity index (χ2v) is 8.54. The molecule has 1 aliphatic carbocycles. The van der Waals surface area contributed by atoms with Gasteiger partial charge < -0.3 is 44.5 Å². The first-order valence-corrected chi connectivity index (χ1v) is 11.0. The number of ether oxygens (including phenoxy) is 4. The van der Waals surface area contributed by atoms with Crippen LogP contribution >= 0.6 is 0 Å². The molecule has 35 heavy (non-hydrogen) atoms. The van der Waals surface area contributed by atoms with Gasteiger partial charge in [-0.05, 0) is 36.3 Å². The summed E-state index contributed by atoms with van der Waals surface area (Å²) in [5.41, 5.74) is 0.196. The van der Waals surface area contributed by atoms with Crippen molar-refractivity contribution in [1.29, 1.82) is 0 Å². The van der Waals surface area contributed by atoms with E-state index in [9.17, 15) is 30.3 Å². The molecule has 5 atom stereocenters. The van der Waals surface area contributed by atoms with Gasteiger partial charge in [0.25, 0.3) is 0 Å². The van der Waals surface area contributed by atoms with Crippen molar-refractivity contribution in [2.75, 3.05) is 13.7 Å². The molecule has 1 unspecified atom stereocenters. The lowest BCUT2D eigenvalue weighted by atomic mass is 9.89. The Hall–Kier alpha value is -3.89. The zero-order valence-electron chi connectivity index (χ0n) is 18.6. The lowest BCUT2D eigenvalue weighted by Crippen LogP contribution is -2.47. The highest BCUT2D eigenvalue weighted by molar-refractivity contribution is 6.05. The molecule has 2 aromatic rings. The Balaban J connectivity index is 1.46. The van der Waals surface area contributed by atoms with Gasteiger partial charge in [0.2, 0.25) is 5.78 Å². The van der Waals surface area contributed by atoms with Crippen molar-refractivity contribution in [1.82, 2.24) is 0 Å². The molecule has 10 heteroatoms. The fourth-order valence-corrected chi connectivity index (χ4v) is 4.61. The van der Waals surface area contributed by atoms with Gasteiger partial charge in [-0.1, -0.05) is 6.07 Å². The summed E-state index contributed by atoms with van der Waals surface area (Å²) < 4.78 is 23.2. The van der Waals surface area contributed by atoms with E-state index < -0.39 is 35.9 Å². The Morgan fingerprint density at radius 3 is 2.57 bits per heavy atom. The molecular formula is C25H24O10. The average Bonchev–Trinajstić information content (AvgIpc) is 2.85. The molecule has 2 aliphatic heterocycles. The summed E-state index contributed by atoms with van der Waals surface area (Å²) in [6.07, 6.45) is -0.297. The van der Waals surface area contributed by atoms with Gasteiger partial charge in [-0.2, -0.15) is 0 Å². The predicted molar refractivity (Wildman–Crippen MR) is 120 cm³/mol. The number of phenols is 2. The van der Waals surface area contributed by atoms with Crippen LogP contribution < -0.4 is 14.2 Å². The van der Waals surface area contributed by atoms with Crippen molar-refractivity contribution in [3.05, 3.63) is 65.1 Å². The van der Waals surface area contributed by atoms with Gasteiger partial charge in [0, 0.05) is 18.1 Å². The van der Waals surface area contributed by atoms with E-state index in [1.165, 1.54) is 13.2 Å². The lowest BCUT2D eigenvalue weighted by molar-refractivity contribution is -0.0308. The summed E-state index contributed by atoms with van der Waals surface area (Å²) in [6, 6.07) is 6.94. The minimum Gasteiger partial charge on any atom is -0.508 e. The number of carbonyl (C=O) groups is 1. The number of Topliss-reactive ketones (excluding diaryl/α,β-unsaturated/α-hetero) is 1. The second-order valence-electron chi connectivity index (χ2n) is 8.54. The smallest absolute Gasteiger partial charge is 0.202 e. The van der Waals surface area contributed by atoms with E-state index in [1.807, 2.05) is 0 Å². The normalized spacial score (nSPS) is 27.3. The number of carbonyl (C=O) groups excluding carboxylic acids is 1. The number of hydrogen-bond donors (Lipinski definition) is 5. The molecule has 0 radical (unpaired) electrons. The van der Waals surface area contributed by atoms with E-state index in [0.717, 1.165) is 6.07 Å². The largest absolute Gasteiger partial charge is 0.508 e. The molecule has 0 amide bonds. The van der Waals surface area contributed by atoms with Gasteiger partial charge in [0.05, 0.1) is 13.7 Å². The molecule has 2 heterocycles. The third kappa shape index (κ3) is 3.90. The number of allylic oxidation sites excluding steroid dienone is 1. The number of hydrogen-bond acceptors (Lipinski definition) is 10. The number of rotatable bonds is 4. The van der Waals surface area contributed by atoms with Crippen LogP contribution in [0.2, 0.25) is 0 Å². The Morgan fingerprint density at radius 2 is 1.83 bits per heavy atom. The third-order valence-electron chi connectivity index (χ3n) is 6.35. The van der Waals surface area contributed by atoms with Gasteiger partial charge >= 0.3 is 0 Å². The van der Waals surface area contributed by atoms with Crippen LogP contribution in [-0.2, 0) is 4.74 Å². The highest BCUT2D eigenvalue weighted by Gasteiger charge is 2.41. The van der Waals surface area contributed by atoms with Crippen molar-refractivity contribution in [2.24, 2.45) is 5.92 Å². The second kappa shape index (κ2) is 8.71. The van der Waals surface area contributed by atoms with Crippen molar-refractivity contribution >= 4 is 5.78 Å². The van der Waals surface area contributed by atoms with Crippen LogP contribution in [0.15, 0.2) is 54.0 Å². The monoisotopic (exact) mass is 484 g/mol. The zero-order valence-corrected chi connectivity index (χ0v) is 18.6. The van der Waals surface area contributed by atoms with E-state index in [4.69, 9.17) is 18.9 Å². The first-order valence-electron chi connectivity index (χ1n) is 11.0. The maximum atomic E-state index is 12.7. The van der Waals surface area contributed by atoms with E-state index in [1.54, 1.807) is 30.4 Å². The standard InChI is InChI=1S/C25H24O10/c1-32-17-6-11(2-4-14(17)28)24-20(10-26)33-16-5-3-12(7-18(16)34-24)25-23(31)22(30)21-15(29)8-13(27)9-19(21)35-25/h3-9,11,20,23-29,31H,2,10H2,1H3/t11?,20-,23-,24-,25+/m0/s1. The average molecular weight is 484 g/mol. The summed E-state index contributed by atoms with van der Waals surface area (Å²) in [5, 5.41) is 50.3. The predicted octanol–water partition coefficient (Wildman–Crippen LogP) is 2.27. The molecule has 0 bridgehead atoms. The fourth-order valence-electron chi connectivity index (χ4n) is 4.61. The van der Waals surface area contributed by atoms with E-state index >= 15 is 0 Å². The van der Waals surface area contributed by atoms with Crippen molar-refractivity contribution in [3.8, 4) is 28.7 Å². The number of aliphatic hydroxyl groups is 3. The molecule has 0 saturated heterocycles. The quantitative estimate of drug-likeness (QED) is 0.436. The number of ketones is 1. The van der Waals surface area contributed by atoms with Crippen LogP contribution in [0, 0.1) is 5.92 Å². The van der Waals surface area contributed by atoms with Gasteiger partial charge in [0.15, 0.2) is 41.3 Å². The maximum Gasteiger partial charge on any atom is 0.202 e. The summed E-state index contributed by atoms with van der Waals surface area (Å²) in [7, 11) is 1.44. The summed E-state index contributed by atoms with van der Waals surface area (Å²) in [6.45, 7) is -0.309. The van der Waals surface area contributed by atoms with Crippen LogP contribution in [-0.4, -0.2) is 63.3 Å². The molecule has 5 N–H and O–H groups in total. The SMILES string of the molecule is COC1=CC([C@@H]2Oc3cc([C@H]4Oc5cc(O)cc(O)c5C(=O)[C@@H]4O)ccc3O[C@H]2CO)CC=C1O. The number of phenolic OH excluding ortho intramolecular Hbond substituents is 2. The molecule has 0 spiro atoms. The van der Waals surface area contributed by atoms with Crippen LogP contribution in [0.4, 0.5) is 0 Å². The van der Waals surface area contributed by atoms with E-state index in [-0.39, 0.29) is 35.3 Å². The van der Waals surface area contributed by atoms with E-state index in [0.29, 0.717) is 29.2 Å². The topological polar surface area (TPSA) is 155 Å². The number of methoxy groups -OCH3 is 1. The highest BCUT2D eigenvalue weighted by Crippen LogP contribution is 2.44. The summed E-state index contributed by atoms with van der Waals surface area (Å²) >= 11 is 0. The van der Waals surface area contributed by atoms with E-state index in [2.05, 4.69) is 0 Å². The first-order chi connectivity index (χ1) is 16.8. The summed E-state index contributed by atoms with van der Waals surface area (Å²) in [4.78, 5) is 12.7. The molecule has 0 fully saturated rings. The molecule has 3 aliphatic rings. The molecule has 184 valence electrons. The number of benzene rings is 2. The van der Waals surface area contributed by atoms with Crippen molar-refractivity contribution < 1.29 is 49.3 Å². The Labute approximate surface area is 199 Å². The molecule has 2 aromatic carbocycles. The fraction of sp³-hybridized carbons (Fsp3) is 0.320. The van der Waals surface area contributed by atoms with Crippen LogP contribution in [0.3, 0.4) is 0 Å². The van der Waals surface area contributed by atoms with Crippen molar-refractivity contribution in [2.45, 2.75) is 30.8 Å². The number of fused-ring (bicyclic) bond motifs is 2. The van der Waals surface area contributed by atoms with Gasteiger partial charge in [-0.15, -0.1) is 0 Å². The van der Waals surface area contributed by atoms with Gasteiger partial charge in [-0.3, -0.25) is 4.79 Å². The highest BCUT2D eigenvalue weighted by atomic mass is 16.6. The minimum absolute atomic E-state index is 0.0224. The number of aliphatic hydroxyl groups excluding tert-OH is 3. The zero-order chi connectivity index (χ0) is 24.9. The lowest BCUT2D eigenvalue weighted by Gasteiger charge is -2.38. The Kier molecular flexibility index (Phi) is 5.70. The molecule has 0 aromatic heterocycles. The summed E-state index contributed by atoms with van der Waals surface area (Å²) in [5.74, 6) is -0.852. The van der Waals surface area contributed by atoms with Crippen LogP contribution in [0.1, 0.15) is 28.4 Å². The molecule has 0 saturated carbocycles. The van der Waals surface area contributed by atoms with Crippen LogP contribution in [0.25, 0.3) is 0 Å². The van der Waals surface area contributed by atoms with Gasteiger partial charge in [0.1, 0.15) is 28.9 Å². The first kappa shape index (κ1) is 22.9. The minimum atomic E-state index is -1.61. The third-order valence-corrected chi connectivity index (χ3v) is 6.35. The maximum absolute atomic E-state index is 12.7. The van der Waals surface area contributed by atoms with Gasteiger partial charge in [-0.25, -0.2) is 0 Å². The molecular weight excluding hydrogens is 460 g/mol. The molecule has 5 rings (SSSR count). The Morgan fingerprint density at radius 1 is 1.03 bits per heavy atom. The Bertz CT molecular complexity index is 1230. The number of aromatic hydroxyl groups is 2. The van der Waals surface area contributed by atoms with Crippen molar-refractivity contribution in [3.63, 3.8) is 0 Å². The van der Waals surface area contributed by atoms with Crippen LogP contribution in [0.5, 0.6) is 28.7 Å². The molecule has 10 nitrogen and oxygen atoms in total.